The molecule has 0 bridgehead atoms. The van der Waals surface area contributed by atoms with Gasteiger partial charge in [-0.1, -0.05) is 0 Å². The fourth-order valence-electron chi connectivity index (χ4n) is 4.20. The van der Waals surface area contributed by atoms with Crippen LogP contribution in [-0.4, -0.2) is 72.9 Å². The van der Waals surface area contributed by atoms with Crippen molar-refractivity contribution in [3.8, 4) is 22.5 Å². The number of halogens is 3. The summed E-state index contributed by atoms with van der Waals surface area (Å²) in [7, 11) is 0. The summed E-state index contributed by atoms with van der Waals surface area (Å²) in [5.74, 6) is -1.38. The van der Waals surface area contributed by atoms with E-state index in [9.17, 15) is 18.0 Å². The lowest BCUT2D eigenvalue weighted by molar-refractivity contribution is -0.192. The van der Waals surface area contributed by atoms with Crippen molar-refractivity contribution in [2.45, 2.75) is 51.6 Å². The van der Waals surface area contributed by atoms with Crippen LogP contribution >= 0.6 is 0 Å². The topological polar surface area (TPSA) is 110 Å². The number of nitrogens with zero attached hydrogens (tertiary/aromatic N) is 5. The molecule has 1 aliphatic heterocycles. The van der Waals surface area contributed by atoms with Gasteiger partial charge >= 0.3 is 12.1 Å². The third-order valence-electron chi connectivity index (χ3n) is 6.12. The highest BCUT2D eigenvalue weighted by molar-refractivity contribution is 5.94. The van der Waals surface area contributed by atoms with Crippen molar-refractivity contribution in [1.82, 2.24) is 24.4 Å². The summed E-state index contributed by atoms with van der Waals surface area (Å²) in [5.41, 5.74) is 3.49. The smallest absolute Gasteiger partial charge is 0.475 e. The van der Waals surface area contributed by atoms with E-state index < -0.39 is 12.1 Å². The summed E-state index contributed by atoms with van der Waals surface area (Å²) < 4.78 is 39.7. The fourth-order valence-corrected chi connectivity index (χ4v) is 4.20. The van der Waals surface area contributed by atoms with Gasteiger partial charge in [0, 0.05) is 67.3 Å². The second-order valence-corrected chi connectivity index (χ2v) is 9.52. The summed E-state index contributed by atoms with van der Waals surface area (Å²) in [6, 6.07) is 5.79. The third kappa shape index (κ3) is 6.94. The van der Waals surface area contributed by atoms with Crippen molar-refractivity contribution in [2.24, 2.45) is 5.92 Å². The molecule has 4 heterocycles. The number of carboxylic acids is 1. The molecule has 12 heteroatoms. The van der Waals surface area contributed by atoms with Crippen molar-refractivity contribution in [3.05, 3.63) is 54.9 Å². The molecule has 9 nitrogen and oxygen atoms in total. The van der Waals surface area contributed by atoms with Crippen molar-refractivity contribution in [2.75, 3.05) is 13.1 Å². The molecule has 2 fully saturated rings. The second-order valence-electron chi connectivity index (χ2n) is 9.52. The lowest BCUT2D eigenvalue weighted by Crippen LogP contribution is -2.48. The number of morpholine rings is 1. The predicted molar refractivity (Wildman–Crippen MR) is 131 cm³/mol. The third-order valence-corrected chi connectivity index (χ3v) is 6.12. The number of hydrogen-bond donors (Lipinski definition) is 1. The Kier molecular flexibility index (Phi) is 8.10. The SMILES string of the molecule is CC1CN(C(=O)c2cc(-c3cnc(-c4cccnc4)nc3)cn2CC2CC2)CC(C)O1.O=C(O)C(F)(F)F. The van der Waals surface area contributed by atoms with Crippen LogP contribution in [0.25, 0.3) is 22.5 Å². The van der Waals surface area contributed by atoms with Crippen molar-refractivity contribution < 1.29 is 32.6 Å². The van der Waals surface area contributed by atoms with Crippen LogP contribution in [0.3, 0.4) is 0 Å². The average Bonchev–Trinajstić information content (AvgIpc) is 3.60. The first-order valence-electron chi connectivity index (χ1n) is 12.2. The van der Waals surface area contributed by atoms with Gasteiger partial charge in [0.05, 0.1) is 12.2 Å². The Labute approximate surface area is 217 Å². The number of aliphatic carboxylic acids is 1. The normalized spacial score (nSPS) is 19.4. The number of ether oxygens (including phenoxy) is 1. The molecular weight excluding hydrogens is 503 g/mol. The molecule has 0 aromatic carbocycles. The van der Waals surface area contributed by atoms with Gasteiger partial charge in [0.15, 0.2) is 5.82 Å². The lowest BCUT2D eigenvalue weighted by Gasteiger charge is -2.35. The molecule has 0 radical (unpaired) electrons. The van der Waals surface area contributed by atoms with Crippen LogP contribution < -0.4 is 0 Å². The average molecular weight is 532 g/mol. The Morgan fingerprint density at radius 3 is 2.21 bits per heavy atom. The van der Waals surface area contributed by atoms with E-state index in [1.54, 1.807) is 12.4 Å². The highest BCUT2D eigenvalue weighted by atomic mass is 19.4. The second kappa shape index (κ2) is 11.3. The van der Waals surface area contributed by atoms with Crippen LogP contribution in [0.1, 0.15) is 37.2 Å². The molecule has 2 atom stereocenters. The van der Waals surface area contributed by atoms with Gasteiger partial charge in [0.2, 0.25) is 0 Å². The Bertz CT molecular complexity index is 1250. The van der Waals surface area contributed by atoms with E-state index in [2.05, 4.69) is 25.7 Å². The summed E-state index contributed by atoms with van der Waals surface area (Å²) in [4.78, 5) is 37.4. The molecule has 1 amide bonds. The van der Waals surface area contributed by atoms with Crippen LogP contribution in [0.15, 0.2) is 49.2 Å². The maximum atomic E-state index is 13.4. The van der Waals surface area contributed by atoms with Crippen LogP contribution in [0.4, 0.5) is 13.2 Å². The van der Waals surface area contributed by atoms with Gasteiger partial charge in [-0.2, -0.15) is 13.2 Å². The lowest BCUT2D eigenvalue weighted by atomic mass is 10.1. The van der Waals surface area contributed by atoms with Gasteiger partial charge in [0.25, 0.3) is 5.91 Å². The first-order valence-corrected chi connectivity index (χ1v) is 12.2. The Morgan fingerprint density at radius 1 is 1.05 bits per heavy atom. The van der Waals surface area contributed by atoms with Gasteiger partial charge in [-0.05, 0) is 50.8 Å². The molecule has 3 aromatic rings. The van der Waals surface area contributed by atoms with Crippen LogP contribution in [0.2, 0.25) is 0 Å². The molecule has 38 heavy (non-hydrogen) atoms. The van der Waals surface area contributed by atoms with E-state index >= 15 is 0 Å². The van der Waals surface area contributed by atoms with E-state index in [1.807, 2.05) is 49.3 Å². The summed E-state index contributed by atoms with van der Waals surface area (Å²) >= 11 is 0. The zero-order chi connectivity index (χ0) is 27.4. The standard InChI is InChI=1S/C24H27N5O2.C2HF3O2/c1-16-12-29(13-17(2)31-16)24(30)22-8-20(15-28(22)14-18-5-6-18)21-10-26-23(27-11-21)19-4-3-7-25-9-19;3-2(4,5)1(6)7/h3-4,7-11,15-18H,5-6,12-14H2,1-2H3;(H,6,7). The summed E-state index contributed by atoms with van der Waals surface area (Å²) in [6.45, 7) is 6.16. The molecule has 5 rings (SSSR count). The molecular formula is C26H28F3N5O4. The monoisotopic (exact) mass is 531 g/mol. The minimum atomic E-state index is -5.08. The minimum absolute atomic E-state index is 0.0486. The number of rotatable bonds is 5. The molecule has 2 unspecified atom stereocenters. The van der Waals surface area contributed by atoms with E-state index in [1.165, 1.54) is 12.8 Å². The van der Waals surface area contributed by atoms with Gasteiger partial charge in [0.1, 0.15) is 5.69 Å². The fraction of sp³-hybridized carbons (Fsp3) is 0.423. The highest BCUT2D eigenvalue weighted by Crippen LogP contribution is 2.33. The van der Waals surface area contributed by atoms with Crippen molar-refractivity contribution in [1.29, 1.82) is 0 Å². The molecule has 1 aliphatic carbocycles. The van der Waals surface area contributed by atoms with Crippen LogP contribution in [0, 0.1) is 5.92 Å². The number of aromatic nitrogens is 4. The number of alkyl halides is 3. The van der Waals surface area contributed by atoms with Gasteiger partial charge in [-0.3, -0.25) is 9.78 Å². The van der Waals surface area contributed by atoms with E-state index in [4.69, 9.17) is 14.6 Å². The van der Waals surface area contributed by atoms with Gasteiger partial charge in [-0.25, -0.2) is 14.8 Å². The number of carbonyl (C=O) groups excluding carboxylic acids is 1. The maximum absolute atomic E-state index is 13.4. The Morgan fingerprint density at radius 2 is 1.68 bits per heavy atom. The quantitative estimate of drug-likeness (QED) is 0.523. The zero-order valence-electron chi connectivity index (χ0n) is 20.9. The first-order chi connectivity index (χ1) is 18.0. The minimum Gasteiger partial charge on any atom is -0.475 e. The highest BCUT2D eigenvalue weighted by Gasteiger charge is 2.38. The number of carboxylic acid groups (broad SMARTS) is 1. The van der Waals surface area contributed by atoms with Gasteiger partial charge in [-0.15, -0.1) is 0 Å². The van der Waals surface area contributed by atoms with E-state index in [0.717, 1.165) is 28.9 Å². The molecule has 1 N–H and O–H groups in total. The van der Waals surface area contributed by atoms with Crippen LogP contribution in [-0.2, 0) is 16.1 Å². The summed E-state index contributed by atoms with van der Waals surface area (Å²) in [6.07, 6.45) is 6.67. The number of amides is 1. The first kappa shape index (κ1) is 27.2. The molecule has 0 spiro atoms. The molecule has 2 aliphatic rings. The summed E-state index contributed by atoms with van der Waals surface area (Å²) in [5, 5.41) is 7.12. The molecule has 3 aromatic heterocycles. The predicted octanol–water partition coefficient (Wildman–Crippen LogP) is 4.30. The van der Waals surface area contributed by atoms with E-state index in [0.29, 0.717) is 24.8 Å². The van der Waals surface area contributed by atoms with Crippen LogP contribution in [0.5, 0.6) is 0 Å². The Balaban J connectivity index is 0.000000426. The molecule has 1 saturated carbocycles. The number of hydrogen-bond acceptors (Lipinski definition) is 6. The van der Waals surface area contributed by atoms with E-state index in [-0.39, 0.29) is 18.1 Å². The molecule has 202 valence electrons. The largest absolute Gasteiger partial charge is 0.490 e. The Hall–Kier alpha value is -3.80. The number of pyridine rings is 1. The van der Waals surface area contributed by atoms with Crippen molar-refractivity contribution in [3.63, 3.8) is 0 Å². The van der Waals surface area contributed by atoms with Crippen molar-refractivity contribution >= 4 is 11.9 Å². The van der Waals surface area contributed by atoms with Gasteiger partial charge < -0.3 is 19.3 Å². The maximum Gasteiger partial charge on any atom is 0.490 e. The zero-order valence-corrected chi connectivity index (χ0v) is 20.9. The number of carbonyl (C=O) groups is 2. The molecule has 1 saturated heterocycles.